The molecule has 0 aromatic carbocycles. The second kappa shape index (κ2) is 70.0. The number of aliphatic hydroxyl groups is 1. The molecule has 0 heterocycles. The number of allylic oxidation sites excluding steroid dienone is 5. The van der Waals surface area contributed by atoms with Gasteiger partial charge in [0.15, 0.2) is 0 Å². The second-order valence-corrected chi connectivity index (χ2v) is 29.9. The largest absolute Gasteiger partial charge is 0.472 e. The molecule has 0 aliphatic rings. The Morgan fingerprint density at radius 3 is 0.909 bits per heavy atom. The molecule has 3 atom stereocenters. The van der Waals surface area contributed by atoms with Gasteiger partial charge in [0.1, 0.15) is 13.2 Å². The molecule has 0 aliphatic carbocycles. The van der Waals surface area contributed by atoms with Crippen molar-refractivity contribution in [3.05, 3.63) is 36.5 Å². The van der Waals surface area contributed by atoms with Gasteiger partial charge in [-0.05, 0) is 44.9 Å². The Hall–Kier alpha value is -1.28. The van der Waals surface area contributed by atoms with Crippen LogP contribution in [0.25, 0.3) is 0 Å². The number of phosphoric ester groups is 1. The molecule has 0 rings (SSSR count). The molecule has 0 radical (unpaired) electrons. The third kappa shape index (κ3) is 72.2. The minimum atomic E-state index is -4.37. The third-order valence-electron chi connectivity index (χ3n) is 18.3. The molecular formula is C79H156N2O6P+. The number of rotatable bonds is 74. The van der Waals surface area contributed by atoms with E-state index in [1.807, 2.05) is 27.2 Å². The quantitative estimate of drug-likeness (QED) is 0.0243. The van der Waals surface area contributed by atoms with Gasteiger partial charge in [0, 0.05) is 6.42 Å². The number of quaternary nitrogens is 1. The first-order chi connectivity index (χ1) is 43.0. The van der Waals surface area contributed by atoms with Crippen molar-refractivity contribution in [1.82, 2.24) is 5.32 Å². The number of carbonyl (C=O) groups excluding carboxylic acids is 1. The molecule has 0 fully saturated rings. The molecule has 0 aromatic heterocycles. The third-order valence-corrected chi connectivity index (χ3v) is 19.3. The van der Waals surface area contributed by atoms with Crippen LogP contribution in [0.1, 0.15) is 412 Å². The monoisotopic (exact) mass is 1260 g/mol. The lowest BCUT2D eigenvalue weighted by Crippen LogP contribution is -2.45. The number of hydrogen-bond donors (Lipinski definition) is 3. The number of nitrogens with one attached hydrogen (secondary N) is 1. The van der Waals surface area contributed by atoms with Crippen molar-refractivity contribution in [3.63, 3.8) is 0 Å². The summed E-state index contributed by atoms with van der Waals surface area (Å²) < 4.78 is 23.8. The average molecular weight is 1260 g/mol. The normalized spacial score (nSPS) is 13.7. The zero-order valence-electron chi connectivity index (χ0n) is 60.0. The van der Waals surface area contributed by atoms with Gasteiger partial charge in [0.25, 0.3) is 0 Å². The molecule has 522 valence electrons. The number of nitrogens with zero attached hydrogens (tertiary/aromatic N) is 1. The molecule has 3 unspecified atom stereocenters. The lowest BCUT2D eigenvalue weighted by atomic mass is 10.0. The van der Waals surface area contributed by atoms with E-state index in [4.69, 9.17) is 9.05 Å². The van der Waals surface area contributed by atoms with Crippen LogP contribution in [0.3, 0.4) is 0 Å². The Balaban J connectivity index is 3.99. The molecule has 8 nitrogen and oxygen atoms in total. The number of carbonyl (C=O) groups is 1. The van der Waals surface area contributed by atoms with Crippen molar-refractivity contribution in [2.45, 2.75) is 424 Å². The van der Waals surface area contributed by atoms with Gasteiger partial charge in [-0.25, -0.2) is 4.57 Å². The molecule has 88 heavy (non-hydrogen) atoms. The summed E-state index contributed by atoms with van der Waals surface area (Å²) in [6.45, 7) is 4.86. The van der Waals surface area contributed by atoms with E-state index < -0.39 is 20.0 Å². The molecule has 0 saturated heterocycles. The summed E-state index contributed by atoms with van der Waals surface area (Å²) in [6, 6.07) is -0.870. The fraction of sp³-hybridized carbons (Fsp3) is 0.911. The van der Waals surface area contributed by atoms with Gasteiger partial charge in [-0.1, -0.05) is 397 Å². The van der Waals surface area contributed by atoms with Gasteiger partial charge in [0.2, 0.25) is 5.91 Å². The molecule has 0 spiro atoms. The van der Waals surface area contributed by atoms with Crippen molar-refractivity contribution in [2.24, 2.45) is 0 Å². The van der Waals surface area contributed by atoms with Crippen molar-refractivity contribution in [3.8, 4) is 0 Å². The van der Waals surface area contributed by atoms with Crippen LogP contribution < -0.4 is 5.32 Å². The predicted octanol–water partition coefficient (Wildman–Crippen LogP) is 25.6. The van der Waals surface area contributed by atoms with Crippen molar-refractivity contribution in [1.29, 1.82) is 0 Å². The molecule has 0 saturated carbocycles. The van der Waals surface area contributed by atoms with Gasteiger partial charge in [-0.15, -0.1) is 0 Å². The van der Waals surface area contributed by atoms with E-state index in [0.717, 1.165) is 44.9 Å². The van der Waals surface area contributed by atoms with Gasteiger partial charge in [-0.3, -0.25) is 13.8 Å². The van der Waals surface area contributed by atoms with Crippen LogP contribution in [-0.4, -0.2) is 73.4 Å². The second-order valence-electron chi connectivity index (χ2n) is 28.4. The highest BCUT2D eigenvalue weighted by Gasteiger charge is 2.28. The number of phosphoric acid groups is 1. The van der Waals surface area contributed by atoms with E-state index in [1.165, 1.54) is 347 Å². The average Bonchev–Trinajstić information content (AvgIpc) is 3.64. The number of aliphatic hydroxyl groups excluding tert-OH is 1. The molecule has 1 amide bonds. The Labute approximate surface area is 550 Å². The van der Waals surface area contributed by atoms with Crippen molar-refractivity contribution < 1.29 is 32.9 Å². The van der Waals surface area contributed by atoms with E-state index in [1.54, 1.807) is 6.08 Å². The summed E-state index contributed by atoms with van der Waals surface area (Å²) in [5.41, 5.74) is 0. The molecule has 0 bridgehead atoms. The summed E-state index contributed by atoms with van der Waals surface area (Å²) in [4.78, 5) is 23.5. The van der Waals surface area contributed by atoms with Crippen LogP contribution in [0.5, 0.6) is 0 Å². The topological polar surface area (TPSA) is 105 Å². The smallest absolute Gasteiger partial charge is 0.387 e. The Morgan fingerprint density at radius 1 is 0.375 bits per heavy atom. The number of amides is 1. The maximum atomic E-state index is 13.1. The predicted molar refractivity (Wildman–Crippen MR) is 388 cm³/mol. The van der Waals surface area contributed by atoms with Crippen LogP contribution in [0.2, 0.25) is 0 Å². The fourth-order valence-electron chi connectivity index (χ4n) is 12.3. The minimum absolute atomic E-state index is 0.0555. The summed E-state index contributed by atoms with van der Waals surface area (Å²) >= 11 is 0. The lowest BCUT2D eigenvalue weighted by molar-refractivity contribution is -0.870. The van der Waals surface area contributed by atoms with Gasteiger partial charge in [0.05, 0.1) is 39.9 Å². The Kier molecular flexibility index (Phi) is 69.0. The fourth-order valence-corrected chi connectivity index (χ4v) is 13.0. The zero-order chi connectivity index (χ0) is 64.1. The summed E-state index contributed by atoms with van der Waals surface area (Å²) in [5, 5.41) is 14.0. The number of hydrogen-bond acceptors (Lipinski definition) is 5. The highest BCUT2D eigenvalue weighted by molar-refractivity contribution is 7.47. The van der Waals surface area contributed by atoms with E-state index in [0.29, 0.717) is 17.4 Å². The maximum Gasteiger partial charge on any atom is 0.472 e. The molecule has 0 aliphatic heterocycles. The zero-order valence-corrected chi connectivity index (χ0v) is 60.9. The standard InChI is InChI=1S/C79H155N2O6P/c1-6-8-10-12-14-16-18-20-22-24-26-28-30-32-34-36-37-38-39-40-41-42-43-45-47-49-51-53-55-57-59-61-63-65-67-69-71-73-79(83)80-77(76-87-88(84,85)86-75-74-81(3,4)5)78(82)72-70-68-66-64-62-60-58-56-54-52-50-48-46-44-35-33-31-29-27-25-23-21-19-17-15-13-11-9-7-2/h54,56,62,64,70,72,77-78,82H,6-53,55,57-61,63,65-69,71,73-76H2,1-5H3,(H-,80,83,84,85)/p+1/b56-54+,64-62+,72-70+. The van der Waals surface area contributed by atoms with Crippen LogP contribution in [0.4, 0.5) is 0 Å². The van der Waals surface area contributed by atoms with Gasteiger partial charge >= 0.3 is 7.82 Å². The summed E-state index contributed by atoms with van der Waals surface area (Å²) in [5.74, 6) is -0.182. The molecule has 3 N–H and O–H groups in total. The van der Waals surface area contributed by atoms with Crippen molar-refractivity contribution in [2.75, 3.05) is 40.9 Å². The number of unbranched alkanes of at least 4 members (excludes halogenated alkanes) is 57. The van der Waals surface area contributed by atoms with E-state index in [9.17, 15) is 19.4 Å². The SMILES string of the molecule is CCCCCCCCCCCCCCCCCCCCC/C=C/CC/C=C/CC/C=C/C(O)C(COP(=O)(O)OCC[N+](C)(C)C)NC(=O)CCCCCCCCCCCCCCCCCCCCCCCCCCCCCCCCCCCCCCC. The van der Waals surface area contributed by atoms with Crippen LogP contribution in [-0.2, 0) is 18.4 Å². The Bertz CT molecular complexity index is 1530. The maximum absolute atomic E-state index is 13.1. The summed E-state index contributed by atoms with van der Waals surface area (Å²) in [6.07, 6.45) is 95.0. The van der Waals surface area contributed by atoms with Crippen LogP contribution in [0.15, 0.2) is 36.5 Å². The molecule has 0 aromatic rings. The molecular weight excluding hydrogens is 1100 g/mol. The first kappa shape index (κ1) is 86.7. The van der Waals surface area contributed by atoms with Crippen LogP contribution >= 0.6 is 7.82 Å². The van der Waals surface area contributed by atoms with E-state index >= 15 is 0 Å². The van der Waals surface area contributed by atoms with Crippen molar-refractivity contribution >= 4 is 13.7 Å². The first-order valence-corrected chi connectivity index (χ1v) is 40.9. The number of likely N-dealkylation sites (N-methyl/N-ethyl adjacent to an activating group) is 1. The lowest BCUT2D eigenvalue weighted by Gasteiger charge is -2.25. The highest BCUT2D eigenvalue weighted by Crippen LogP contribution is 2.43. The van der Waals surface area contributed by atoms with Gasteiger partial charge < -0.3 is 19.8 Å². The van der Waals surface area contributed by atoms with E-state index in [-0.39, 0.29) is 19.1 Å². The van der Waals surface area contributed by atoms with Crippen LogP contribution in [0, 0.1) is 0 Å². The first-order valence-electron chi connectivity index (χ1n) is 39.4. The van der Waals surface area contributed by atoms with Gasteiger partial charge in [-0.2, -0.15) is 0 Å². The highest BCUT2D eigenvalue weighted by atomic mass is 31.2. The Morgan fingerprint density at radius 2 is 0.625 bits per heavy atom. The molecule has 9 heteroatoms. The van der Waals surface area contributed by atoms with E-state index in [2.05, 4.69) is 43.5 Å². The minimum Gasteiger partial charge on any atom is -0.387 e. The summed E-state index contributed by atoms with van der Waals surface area (Å²) in [7, 11) is 1.57.